The number of methoxy groups -OCH3 is 1. The number of carbonyl (C=O) groups excluding carboxylic acids is 1. The second-order valence-corrected chi connectivity index (χ2v) is 7.89. The van der Waals surface area contributed by atoms with Gasteiger partial charge in [0.05, 0.1) is 6.61 Å². The van der Waals surface area contributed by atoms with E-state index in [2.05, 4.69) is 5.32 Å². The van der Waals surface area contributed by atoms with Gasteiger partial charge in [-0.15, -0.1) is 0 Å². The summed E-state index contributed by atoms with van der Waals surface area (Å²) in [7, 11) is 1.74. The Balaban J connectivity index is 2.00. The third-order valence-electron chi connectivity index (χ3n) is 4.95. The summed E-state index contributed by atoms with van der Waals surface area (Å²) in [5.41, 5.74) is -0.426. The molecule has 1 heterocycles. The smallest absolute Gasteiger partial charge is 0.410 e. The number of hydrogen-bond acceptors (Lipinski definition) is 4. The van der Waals surface area contributed by atoms with Gasteiger partial charge < -0.3 is 19.7 Å². The number of amides is 1. The fourth-order valence-corrected chi connectivity index (χ4v) is 4.00. The van der Waals surface area contributed by atoms with E-state index in [4.69, 9.17) is 9.47 Å². The van der Waals surface area contributed by atoms with Crippen LogP contribution in [-0.2, 0) is 9.47 Å². The first kappa shape index (κ1) is 18.5. The normalized spacial score (nSPS) is 28.9. The van der Waals surface area contributed by atoms with Crippen molar-refractivity contribution in [2.45, 2.75) is 77.0 Å². The molecule has 0 aromatic heterocycles. The van der Waals surface area contributed by atoms with Crippen molar-refractivity contribution < 1.29 is 14.3 Å². The lowest BCUT2D eigenvalue weighted by Crippen LogP contribution is -2.52. The monoisotopic (exact) mass is 326 g/mol. The molecular weight excluding hydrogens is 292 g/mol. The number of likely N-dealkylation sites (tertiary alicyclic amines) is 1. The van der Waals surface area contributed by atoms with Crippen LogP contribution in [0.4, 0.5) is 4.79 Å². The Labute approximate surface area is 141 Å². The molecule has 0 bridgehead atoms. The van der Waals surface area contributed by atoms with Crippen LogP contribution in [0.2, 0.25) is 0 Å². The molecule has 0 spiro atoms. The molecule has 1 aliphatic heterocycles. The number of ether oxygens (including phenoxy) is 2. The van der Waals surface area contributed by atoms with Crippen LogP contribution in [0.25, 0.3) is 0 Å². The molecule has 3 atom stereocenters. The van der Waals surface area contributed by atoms with Crippen molar-refractivity contribution in [2.24, 2.45) is 5.92 Å². The predicted molar refractivity (Wildman–Crippen MR) is 91.6 cm³/mol. The largest absolute Gasteiger partial charge is 0.444 e. The van der Waals surface area contributed by atoms with Crippen molar-refractivity contribution in [3.05, 3.63) is 0 Å². The highest BCUT2D eigenvalue weighted by molar-refractivity contribution is 5.68. The predicted octanol–water partition coefficient (Wildman–Crippen LogP) is 3.18. The lowest BCUT2D eigenvalue weighted by Gasteiger charge is -2.41. The lowest BCUT2D eigenvalue weighted by molar-refractivity contribution is -0.000230. The van der Waals surface area contributed by atoms with E-state index in [-0.39, 0.29) is 6.09 Å². The Bertz CT molecular complexity index is 381. The van der Waals surface area contributed by atoms with Crippen LogP contribution in [0.5, 0.6) is 0 Å². The molecular formula is C18H34N2O3. The second-order valence-electron chi connectivity index (χ2n) is 7.89. The van der Waals surface area contributed by atoms with Gasteiger partial charge in [0, 0.05) is 32.3 Å². The van der Waals surface area contributed by atoms with Gasteiger partial charge in [0.2, 0.25) is 0 Å². The summed E-state index contributed by atoms with van der Waals surface area (Å²) in [4.78, 5) is 14.6. The third-order valence-corrected chi connectivity index (χ3v) is 4.95. The van der Waals surface area contributed by atoms with E-state index in [0.29, 0.717) is 18.0 Å². The van der Waals surface area contributed by atoms with E-state index < -0.39 is 5.60 Å². The Kier molecular flexibility index (Phi) is 6.72. The third kappa shape index (κ3) is 5.35. The number of nitrogens with one attached hydrogen (secondary N) is 1. The lowest BCUT2D eigenvalue weighted by atomic mass is 9.87. The summed E-state index contributed by atoms with van der Waals surface area (Å²) >= 11 is 0. The van der Waals surface area contributed by atoms with E-state index >= 15 is 0 Å². The molecule has 2 rings (SSSR count). The summed E-state index contributed by atoms with van der Waals surface area (Å²) < 4.78 is 10.8. The van der Waals surface area contributed by atoms with Crippen molar-refractivity contribution in [1.82, 2.24) is 10.2 Å². The summed E-state index contributed by atoms with van der Waals surface area (Å²) in [6.07, 6.45) is 6.92. The van der Waals surface area contributed by atoms with Crippen LogP contribution in [0.15, 0.2) is 0 Å². The average molecular weight is 326 g/mol. The molecule has 0 aromatic carbocycles. The highest BCUT2D eigenvalue weighted by atomic mass is 16.6. The summed E-state index contributed by atoms with van der Waals surface area (Å²) in [6, 6.07) is 0.819. The zero-order valence-corrected chi connectivity index (χ0v) is 15.3. The van der Waals surface area contributed by atoms with Gasteiger partial charge in [0.1, 0.15) is 5.60 Å². The van der Waals surface area contributed by atoms with Gasteiger partial charge in [0.25, 0.3) is 0 Å². The maximum absolute atomic E-state index is 12.6. The molecule has 134 valence electrons. The van der Waals surface area contributed by atoms with Crippen LogP contribution < -0.4 is 5.32 Å². The highest BCUT2D eigenvalue weighted by Gasteiger charge is 2.40. The molecule has 3 unspecified atom stereocenters. The molecule has 1 N–H and O–H groups in total. The Morgan fingerprint density at radius 3 is 2.65 bits per heavy atom. The maximum atomic E-state index is 12.6. The van der Waals surface area contributed by atoms with Gasteiger partial charge in [-0.1, -0.05) is 6.42 Å². The van der Waals surface area contributed by atoms with Crippen LogP contribution in [0.1, 0.15) is 59.3 Å². The Morgan fingerprint density at radius 2 is 1.96 bits per heavy atom. The van der Waals surface area contributed by atoms with Gasteiger partial charge in [-0.2, -0.15) is 0 Å². The van der Waals surface area contributed by atoms with E-state index in [1.807, 2.05) is 25.7 Å². The van der Waals surface area contributed by atoms with Crippen molar-refractivity contribution >= 4 is 6.09 Å². The zero-order valence-electron chi connectivity index (χ0n) is 15.3. The minimum Gasteiger partial charge on any atom is -0.444 e. The number of nitrogens with zero attached hydrogens (tertiary/aromatic N) is 1. The summed E-state index contributed by atoms with van der Waals surface area (Å²) in [6.45, 7) is 8.28. The van der Waals surface area contributed by atoms with E-state index in [0.717, 1.165) is 32.5 Å². The van der Waals surface area contributed by atoms with Crippen LogP contribution in [0, 0.1) is 5.92 Å². The molecule has 5 heteroatoms. The number of hydrogen-bond donors (Lipinski definition) is 1. The summed E-state index contributed by atoms with van der Waals surface area (Å²) in [5.74, 6) is 0.541. The fourth-order valence-electron chi connectivity index (χ4n) is 4.00. The number of piperidine rings is 1. The average Bonchev–Trinajstić information content (AvgIpc) is 2.94. The van der Waals surface area contributed by atoms with Crippen LogP contribution in [0.3, 0.4) is 0 Å². The number of rotatable bonds is 5. The second kappa shape index (κ2) is 8.34. The number of carbonyl (C=O) groups is 1. The Morgan fingerprint density at radius 1 is 1.17 bits per heavy atom. The topological polar surface area (TPSA) is 50.8 Å². The molecule has 0 radical (unpaired) electrons. The fraction of sp³-hybridized carbons (Fsp3) is 0.944. The minimum atomic E-state index is -0.426. The Hall–Kier alpha value is -0.810. The molecule has 1 amide bonds. The molecule has 0 aromatic rings. The molecule has 2 fully saturated rings. The molecule has 2 aliphatic rings. The standard InChI is InChI=1S/C18H34N2O3/c1-18(2,3)23-17(21)20-12-6-5-10-16(20)14-8-7-9-15(14)19-11-13-22-4/h14-16,19H,5-13H2,1-4H3. The zero-order chi connectivity index (χ0) is 16.9. The van der Waals surface area contributed by atoms with Crippen molar-refractivity contribution in [3.63, 3.8) is 0 Å². The molecule has 1 aliphatic carbocycles. The summed E-state index contributed by atoms with van der Waals surface area (Å²) in [5, 5.41) is 3.63. The van der Waals surface area contributed by atoms with Crippen molar-refractivity contribution in [2.75, 3.05) is 26.8 Å². The van der Waals surface area contributed by atoms with Gasteiger partial charge in [-0.05, 0) is 58.8 Å². The van der Waals surface area contributed by atoms with Crippen LogP contribution >= 0.6 is 0 Å². The van der Waals surface area contributed by atoms with Crippen molar-refractivity contribution in [3.8, 4) is 0 Å². The SMILES string of the molecule is COCCNC1CCCC1C1CCCCN1C(=O)OC(C)(C)C. The molecule has 1 saturated carbocycles. The minimum absolute atomic E-state index is 0.134. The first-order valence-corrected chi connectivity index (χ1v) is 9.14. The van der Waals surface area contributed by atoms with Gasteiger partial charge in [0.15, 0.2) is 0 Å². The van der Waals surface area contributed by atoms with Gasteiger partial charge in [-0.3, -0.25) is 0 Å². The van der Waals surface area contributed by atoms with Gasteiger partial charge in [-0.25, -0.2) is 4.79 Å². The van der Waals surface area contributed by atoms with Crippen LogP contribution in [-0.4, -0.2) is 55.5 Å². The first-order valence-electron chi connectivity index (χ1n) is 9.14. The molecule has 1 saturated heterocycles. The van der Waals surface area contributed by atoms with Crippen molar-refractivity contribution in [1.29, 1.82) is 0 Å². The van der Waals surface area contributed by atoms with E-state index in [9.17, 15) is 4.79 Å². The highest BCUT2D eigenvalue weighted by Crippen LogP contribution is 2.35. The quantitative estimate of drug-likeness (QED) is 0.788. The molecule has 23 heavy (non-hydrogen) atoms. The maximum Gasteiger partial charge on any atom is 0.410 e. The van der Waals surface area contributed by atoms with Gasteiger partial charge >= 0.3 is 6.09 Å². The van der Waals surface area contributed by atoms with E-state index in [1.54, 1.807) is 7.11 Å². The molecule has 5 nitrogen and oxygen atoms in total. The van der Waals surface area contributed by atoms with E-state index in [1.165, 1.54) is 25.7 Å². The first-order chi connectivity index (χ1) is 10.9.